The molecule has 6 nitrogen and oxygen atoms in total. The van der Waals surface area contributed by atoms with E-state index >= 15 is 0 Å². The molecular formula is C17H17ClN2O4. The van der Waals surface area contributed by atoms with Gasteiger partial charge in [-0.15, -0.1) is 0 Å². The van der Waals surface area contributed by atoms with Crippen molar-refractivity contribution in [3.05, 3.63) is 70.7 Å². The maximum absolute atomic E-state index is 11.6. The van der Waals surface area contributed by atoms with Crippen LogP contribution in [0.15, 0.2) is 54.6 Å². The topological polar surface area (TPSA) is 76.7 Å². The maximum Gasteiger partial charge on any atom is 0.431 e. The monoisotopic (exact) mass is 348 g/mol. The minimum atomic E-state index is -0.760. The zero-order valence-corrected chi connectivity index (χ0v) is 13.6. The van der Waals surface area contributed by atoms with Crippen LogP contribution in [-0.4, -0.2) is 18.6 Å². The molecule has 0 aromatic heterocycles. The van der Waals surface area contributed by atoms with Crippen molar-refractivity contribution in [3.8, 4) is 0 Å². The SMILES string of the molecule is O=C(CONC(=O)OCc1ccccc1)NCc1ccc(Cl)cc1. The van der Waals surface area contributed by atoms with Crippen LogP contribution < -0.4 is 10.8 Å². The average molecular weight is 349 g/mol. The van der Waals surface area contributed by atoms with Crippen molar-refractivity contribution in [1.82, 2.24) is 10.8 Å². The summed E-state index contributed by atoms with van der Waals surface area (Å²) in [6.07, 6.45) is -0.760. The standard InChI is InChI=1S/C17H17ClN2O4/c18-15-8-6-13(7-9-15)10-19-16(21)12-24-20-17(22)23-11-14-4-2-1-3-5-14/h1-9H,10-12H2,(H,19,21)(H,20,22). The van der Waals surface area contributed by atoms with E-state index in [0.717, 1.165) is 11.1 Å². The highest BCUT2D eigenvalue weighted by Crippen LogP contribution is 2.09. The van der Waals surface area contributed by atoms with Gasteiger partial charge in [0, 0.05) is 11.6 Å². The number of halogens is 1. The summed E-state index contributed by atoms with van der Waals surface area (Å²) < 4.78 is 4.93. The number of rotatable bonds is 7. The van der Waals surface area contributed by atoms with Crippen LogP contribution in [0, 0.1) is 0 Å². The van der Waals surface area contributed by atoms with Crippen molar-refractivity contribution in [3.63, 3.8) is 0 Å². The van der Waals surface area contributed by atoms with E-state index in [0.29, 0.717) is 11.6 Å². The van der Waals surface area contributed by atoms with Crippen molar-refractivity contribution < 1.29 is 19.2 Å². The lowest BCUT2D eigenvalue weighted by molar-refractivity contribution is -0.128. The van der Waals surface area contributed by atoms with Crippen molar-refractivity contribution in [1.29, 1.82) is 0 Å². The molecule has 2 aromatic rings. The quantitative estimate of drug-likeness (QED) is 0.754. The molecular weight excluding hydrogens is 332 g/mol. The van der Waals surface area contributed by atoms with Crippen molar-refractivity contribution in [2.45, 2.75) is 13.2 Å². The summed E-state index contributed by atoms with van der Waals surface area (Å²) in [5.74, 6) is -0.367. The molecule has 0 unspecified atom stereocenters. The predicted molar refractivity (Wildman–Crippen MR) is 89.0 cm³/mol. The first-order chi connectivity index (χ1) is 11.6. The van der Waals surface area contributed by atoms with E-state index in [9.17, 15) is 9.59 Å². The van der Waals surface area contributed by atoms with Gasteiger partial charge in [0.25, 0.3) is 0 Å². The zero-order valence-electron chi connectivity index (χ0n) is 12.8. The molecule has 0 saturated heterocycles. The molecule has 0 atom stereocenters. The first-order valence-electron chi connectivity index (χ1n) is 7.23. The Labute approximate surface area is 144 Å². The van der Waals surface area contributed by atoms with Crippen molar-refractivity contribution in [2.75, 3.05) is 6.61 Å². The molecule has 2 N–H and O–H groups in total. The number of carbonyl (C=O) groups excluding carboxylic acids is 2. The number of amides is 2. The number of ether oxygens (including phenoxy) is 1. The van der Waals surface area contributed by atoms with Crippen LogP contribution in [0.25, 0.3) is 0 Å². The van der Waals surface area contributed by atoms with E-state index in [4.69, 9.17) is 21.2 Å². The summed E-state index contributed by atoms with van der Waals surface area (Å²) in [7, 11) is 0. The number of hydrogen-bond acceptors (Lipinski definition) is 4. The summed E-state index contributed by atoms with van der Waals surface area (Å²) in [6, 6.07) is 16.3. The average Bonchev–Trinajstić information content (AvgIpc) is 2.60. The second-order valence-electron chi connectivity index (χ2n) is 4.86. The van der Waals surface area contributed by atoms with Gasteiger partial charge in [0.2, 0.25) is 5.91 Å². The smallest absolute Gasteiger partial charge is 0.431 e. The summed E-state index contributed by atoms with van der Waals surface area (Å²) in [4.78, 5) is 27.8. The molecule has 2 rings (SSSR count). The Kier molecular flexibility index (Phi) is 7.07. The molecule has 2 aromatic carbocycles. The summed E-state index contributed by atoms with van der Waals surface area (Å²) >= 11 is 5.78. The Hall–Kier alpha value is -2.57. The molecule has 126 valence electrons. The molecule has 24 heavy (non-hydrogen) atoms. The first kappa shape index (κ1) is 17.8. The Morgan fingerprint density at radius 1 is 0.958 bits per heavy atom. The van der Waals surface area contributed by atoms with E-state index < -0.39 is 6.09 Å². The van der Waals surface area contributed by atoms with Crippen LogP contribution in [0.5, 0.6) is 0 Å². The third-order valence-corrected chi connectivity index (χ3v) is 3.23. The third kappa shape index (κ3) is 6.68. The molecule has 0 bridgehead atoms. The van der Waals surface area contributed by atoms with Gasteiger partial charge in [0.1, 0.15) is 6.61 Å². The molecule has 0 fully saturated rings. The van der Waals surface area contributed by atoms with Gasteiger partial charge in [-0.05, 0) is 23.3 Å². The minimum absolute atomic E-state index is 0.124. The Bertz CT molecular complexity index is 662. The molecule has 0 aliphatic heterocycles. The molecule has 0 spiro atoms. The Morgan fingerprint density at radius 2 is 1.67 bits per heavy atom. The Balaban J connectivity index is 1.58. The molecule has 0 heterocycles. The second kappa shape index (κ2) is 9.54. The number of carbonyl (C=O) groups is 2. The van der Waals surface area contributed by atoms with Crippen LogP contribution in [0.2, 0.25) is 5.02 Å². The van der Waals surface area contributed by atoms with Crippen LogP contribution in [0.3, 0.4) is 0 Å². The fourth-order valence-electron chi connectivity index (χ4n) is 1.77. The van der Waals surface area contributed by atoms with Gasteiger partial charge in [-0.2, -0.15) is 5.48 Å². The van der Waals surface area contributed by atoms with Gasteiger partial charge in [-0.3, -0.25) is 9.63 Å². The molecule has 0 aliphatic rings. The molecule has 2 amide bonds. The van der Waals surface area contributed by atoms with Gasteiger partial charge >= 0.3 is 6.09 Å². The highest BCUT2D eigenvalue weighted by atomic mass is 35.5. The first-order valence-corrected chi connectivity index (χ1v) is 7.61. The van der Waals surface area contributed by atoms with E-state index in [1.165, 1.54) is 0 Å². The fraction of sp³-hybridized carbons (Fsp3) is 0.176. The lowest BCUT2D eigenvalue weighted by Gasteiger charge is -2.08. The number of hydrogen-bond donors (Lipinski definition) is 2. The summed E-state index contributed by atoms with van der Waals surface area (Å²) in [5.41, 5.74) is 3.81. The van der Waals surface area contributed by atoms with E-state index in [1.807, 2.05) is 42.5 Å². The van der Waals surface area contributed by atoms with Gasteiger partial charge in [0.15, 0.2) is 6.61 Å². The van der Waals surface area contributed by atoms with E-state index in [1.54, 1.807) is 12.1 Å². The highest BCUT2D eigenvalue weighted by molar-refractivity contribution is 6.30. The molecule has 0 radical (unpaired) electrons. The number of nitrogens with one attached hydrogen (secondary N) is 2. The lowest BCUT2D eigenvalue weighted by atomic mass is 10.2. The third-order valence-electron chi connectivity index (χ3n) is 2.97. The highest BCUT2D eigenvalue weighted by Gasteiger charge is 2.06. The minimum Gasteiger partial charge on any atom is -0.443 e. The molecule has 0 saturated carbocycles. The van der Waals surface area contributed by atoms with Crippen molar-refractivity contribution in [2.24, 2.45) is 0 Å². The van der Waals surface area contributed by atoms with Gasteiger partial charge < -0.3 is 10.1 Å². The zero-order chi connectivity index (χ0) is 17.2. The van der Waals surface area contributed by atoms with E-state index in [-0.39, 0.29) is 19.1 Å². The lowest BCUT2D eigenvalue weighted by Crippen LogP contribution is -2.32. The largest absolute Gasteiger partial charge is 0.443 e. The summed E-state index contributed by atoms with van der Waals surface area (Å²) in [6.45, 7) is 0.157. The number of hydroxylamine groups is 1. The fourth-order valence-corrected chi connectivity index (χ4v) is 1.89. The van der Waals surface area contributed by atoms with Crippen molar-refractivity contribution >= 4 is 23.6 Å². The van der Waals surface area contributed by atoms with Crippen LogP contribution in [0.1, 0.15) is 11.1 Å². The van der Waals surface area contributed by atoms with E-state index in [2.05, 4.69) is 10.8 Å². The van der Waals surface area contributed by atoms with Gasteiger partial charge in [-0.1, -0.05) is 54.1 Å². The van der Waals surface area contributed by atoms with Crippen LogP contribution in [0.4, 0.5) is 4.79 Å². The Morgan fingerprint density at radius 3 is 2.38 bits per heavy atom. The maximum atomic E-state index is 11.6. The van der Waals surface area contributed by atoms with Crippen LogP contribution in [-0.2, 0) is 27.5 Å². The van der Waals surface area contributed by atoms with Gasteiger partial charge in [0.05, 0.1) is 0 Å². The normalized spacial score (nSPS) is 10.0. The summed E-state index contributed by atoms with van der Waals surface area (Å²) in [5, 5.41) is 3.28. The van der Waals surface area contributed by atoms with Gasteiger partial charge in [-0.25, -0.2) is 4.79 Å². The number of benzene rings is 2. The molecule has 0 aliphatic carbocycles. The molecule has 7 heteroatoms. The predicted octanol–water partition coefficient (Wildman–Crippen LogP) is 2.81. The van der Waals surface area contributed by atoms with Crippen LogP contribution >= 0.6 is 11.6 Å². The second-order valence-corrected chi connectivity index (χ2v) is 5.29.